The van der Waals surface area contributed by atoms with Crippen molar-refractivity contribution in [2.24, 2.45) is 5.92 Å². The number of nitrogens with one attached hydrogen (secondary N) is 1. The summed E-state index contributed by atoms with van der Waals surface area (Å²) in [6.45, 7) is 3.48. The summed E-state index contributed by atoms with van der Waals surface area (Å²) in [6, 6.07) is -0.838. The Morgan fingerprint density at radius 3 is 2.41 bits per heavy atom. The van der Waals surface area contributed by atoms with Gasteiger partial charge in [0.05, 0.1) is 6.10 Å². The molecule has 5 nitrogen and oxygen atoms in total. The summed E-state index contributed by atoms with van der Waals surface area (Å²) in [7, 11) is 0. The van der Waals surface area contributed by atoms with Gasteiger partial charge in [-0.1, -0.05) is 26.7 Å². The van der Waals surface area contributed by atoms with Crippen LogP contribution in [0.25, 0.3) is 0 Å². The summed E-state index contributed by atoms with van der Waals surface area (Å²) >= 11 is 0. The molecule has 1 amide bonds. The van der Waals surface area contributed by atoms with Crippen LogP contribution in [0.15, 0.2) is 0 Å². The SMILES string of the molecule is CC(C)[C@H](NC(=O)COC1CCCC1)C(=O)O. The number of rotatable bonds is 6. The maximum atomic E-state index is 11.5. The van der Waals surface area contributed by atoms with E-state index in [1.807, 2.05) is 0 Å². The number of hydrogen-bond donors (Lipinski definition) is 2. The van der Waals surface area contributed by atoms with Crippen molar-refractivity contribution in [2.45, 2.75) is 51.7 Å². The summed E-state index contributed by atoms with van der Waals surface area (Å²) in [5.74, 6) is -1.49. The second-order valence-corrected chi connectivity index (χ2v) is 4.84. The van der Waals surface area contributed by atoms with Crippen molar-refractivity contribution < 1.29 is 19.4 Å². The second kappa shape index (κ2) is 6.59. The van der Waals surface area contributed by atoms with E-state index in [0.29, 0.717) is 0 Å². The van der Waals surface area contributed by atoms with Crippen LogP contribution in [0.2, 0.25) is 0 Å². The molecular formula is C12H21NO4. The Kier molecular flexibility index (Phi) is 5.41. The van der Waals surface area contributed by atoms with Gasteiger partial charge in [-0.05, 0) is 18.8 Å². The van der Waals surface area contributed by atoms with Gasteiger partial charge < -0.3 is 15.2 Å². The topological polar surface area (TPSA) is 75.6 Å². The molecule has 1 aliphatic rings. The average Bonchev–Trinajstić information content (AvgIpc) is 2.74. The lowest BCUT2D eigenvalue weighted by molar-refractivity contribution is -0.144. The minimum Gasteiger partial charge on any atom is -0.480 e. The van der Waals surface area contributed by atoms with Gasteiger partial charge in [0.2, 0.25) is 5.91 Å². The van der Waals surface area contributed by atoms with Crippen LogP contribution in [0, 0.1) is 5.92 Å². The van der Waals surface area contributed by atoms with Crippen molar-refractivity contribution in [3.63, 3.8) is 0 Å². The van der Waals surface area contributed by atoms with E-state index in [0.717, 1.165) is 25.7 Å². The smallest absolute Gasteiger partial charge is 0.326 e. The fourth-order valence-corrected chi connectivity index (χ4v) is 1.98. The van der Waals surface area contributed by atoms with Crippen molar-refractivity contribution >= 4 is 11.9 Å². The van der Waals surface area contributed by atoms with Gasteiger partial charge >= 0.3 is 5.97 Å². The first kappa shape index (κ1) is 14.0. The molecule has 1 saturated carbocycles. The lowest BCUT2D eigenvalue weighted by Gasteiger charge is -2.18. The van der Waals surface area contributed by atoms with Gasteiger partial charge in [-0.2, -0.15) is 0 Å². The van der Waals surface area contributed by atoms with E-state index in [9.17, 15) is 9.59 Å². The highest BCUT2D eigenvalue weighted by Gasteiger charge is 2.24. The molecule has 1 fully saturated rings. The molecule has 98 valence electrons. The molecule has 1 rings (SSSR count). The van der Waals surface area contributed by atoms with Gasteiger partial charge in [0.15, 0.2) is 0 Å². The quantitative estimate of drug-likeness (QED) is 0.734. The third kappa shape index (κ3) is 4.73. The lowest BCUT2D eigenvalue weighted by Crippen LogP contribution is -2.45. The molecule has 0 spiro atoms. The first-order chi connectivity index (χ1) is 8.00. The van der Waals surface area contributed by atoms with Crippen LogP contribution >= 0.6 is 0 Å². The predicted molar refractivity (Wildman–Crippen MR) is 62.6 cm³/mol. The molecule has 0 aromatic heterocycles. The molecule has 0 aliphatic heterocycles. The molecule has 0 aromatic carbocycles. The number of ether oxygens (including phenoxy) is 1. The lowest BCUT2D eigenvalue weighted by atomic mass is 10.1. The molecule has 0 aromatic rings. The minimum atomic E-state index is -1.01. The van der Waals surface area contributed by atoms with Gasteiger partial charge in [-0.3, -0.25) is 4.79 Å². The number of carbonyl (C=O) groups excluding carboxylic acids is 1. The molecule has 0 radical (unpaired) electrons. The number of carbonyl (C=O) groups is 2. The maximum Gasteiger partial charge on any atom is 0.326 e. The van der Waals surface area contributed by atoms with Gasteiger partial charge in [-0.25, -0.2) is 4.79 Å². The third-order valence-corrected chi connectivity index (χ3v) is 3.00. The Bertz CT molecular complexity index is 272. The fourth-order valence-electron chi connectivity index (χ4n) is 1.98. The third-order valence-electron chi connectivity index (χ3n) is 3.00. The Morgan fingerprint density at radius 1 is 1.35 bits per heavy atom. The average molecular weight is 243 g/mol. The highest BCUT2D eigenvalue weighted by Crippen LogP contribution is 2.20. The predicted octanol–water partition coefficient (Wildman–Crippen LogP) is 1.17. The summed E-state index contributed by atoms with van der Waals surface area (Å²) in [6.07, 6.45) is 4.47. The van der Waals surface area contributed by atoms with E-state index in [1.165, 1.54) is 0 Å². The fraction of sp³-hybridized carbons (Fsp3) is 0.833. The molecule has 1 atom stereocenters. The monoisotopic (exact) mass is 243 g/mol. The molecule has 0 saturated heterocycles. The van der Waals surface area contributed by atoms with Crippen molar-refractivity contribution in [3.05, 3.63) is 0 Å². The van der Waals surface area contributed by atoms with Gasteiger partial charge in [0.1, 0.15) is 12.6 Å². The minimum absolute atomic E-state index is 0.0405. The van der Waals surface area contributed by atoms with Gasteiger partial charge in [-0.15, -0.1) is 0 Å². The van der Waals surface area contributed by atoms with Crippen molar-refractivity contribution in [2.75, 3.05) is 6.61 Å². The highest BCUT2D eigenvalue weighted by molar-refractivity contribution is 5.84. The molecule has 5 heteroatoms. The highest BCUT2D eigenvalue weighted by atomic mass is 16.5. The zero-order chi connectivity index (χ0) is 12.8. The van der Waals surface area contributed by atoms with E-state index in [4.69, 9.17) is 9.84 Å². The molecule has 2 N–H and O–H groups in total. The number of carboxylic acids is 1. The van der Waals surface area contributed by atoms with E-state index in [1.54, 1.807) is 13.8 Å². The molecule has 1 aliphatic carbocycles. The maximum absolute atomic E-state index is 11.5. The van der Waals surface area contributed by atoms with E-state index in [2.05, 4.69) is 5.32 Å². The second-order valence-electron chi connectivity index (χ2n) is 4.84. The Balaban J connectivity index is 2.29. The van der Waals surface area contributed by atoms with Crippen LogP contribution < -0.4 is 5.32 Å². The normalized spacial score (nSPS) is 18.3. The van der Waals surface area contributed by atoms with Crippen LogP contribution in [0.4, 0.5) is 0 Å². The van der Waals surface area contributed by atoms with Crippen molar-refractivity contribution in [1.82, 2.24) is 5.32 Å². The number of carboxylic acid groups (broad SMARTS) is 1. The largest absolute Gasteiger partial charge is 0.480 e. The first-order valence-corrected chi connectivity index (χ1v) is 6.14. The molecule has 0 bridgehead atoms. The van der Waals surface area contributed by atoms with Crippen LogP contribution in [-0.2, 0) is 14.3 Å². The van der Waals surface area contributed by atoms with Crippen molar-refractivity contribution in [3.8, 4) is 0 Å². The van der Waals surface area contributed by atoms with Gasteiger partial charge in [0.25, 0.3) is 0 Å². The van der Waals surface area contributed by atoms with Crippen LogP contribution in [0.1, 0.15) is 39.5 Å². The summed E-state index contributed by atoms with van der Waals surface area (Å²) in [4.78, 5) is 22.4. The molecule has 0 unspecified atom stereocenters. The van der Waals surface area contributed by atoms with Crippen molar-refractivity contribution in [1.29, 1.82) is 0 Å². The summed E-state index contributed by atoms with van der Waals surface area (Å²) < 4.78 is 5.42. The van der Waals surface area contributed by atoms with E-state index >= 15 is 0 Å². The first-order valence-electron chi connectivity index (χ1n) is 6.14. The number of amides is 1. The zero-order valence-electron chi connectivity index (χ0n) is 10.4. The Morgan fingerprint density at radius 2 is 1.94 bits per heavy atom. The van der Waals surface area contributed by atoms with Crippen LogP contribution in [0.5, 0.6) is 0 Å². The number of aliphatic carboxylic acids is 1. The number of hydrogen-bond acceptors (Lipinski definition) is 3. The molecule has 0 heterocycles. The summed E-state index contributed by atoms with van der Waals surface area (Å²) in [5, 5.41) is 11.4. The van der Waals surface area contributed by atoms with E-state index < -0.39 is 12.0 Å². The standard InChI is InChI=1S/C12H21NO4/c1-8(2)11(12(15)16)13-10(14)7-17-9-5-3-4-6-9/h8-9,11H,3-7H2,1-2H3,(H,13,14)(H,15,16)/t11-/m0/s1. The molecule has 17 heavy (non-hydrogen) atoms. The summed E-state index contributed by atoms with van der Waals surface area (Å²) in [5.41, 5.74) is 0. The Hall–Kier alpha value is -1.10. The Labute approximate surface area is 102 Å². The van der Waals surface area contributed by atoms with Gasteiger partial charge in [0, 0.05) is 0 Å². The van der Waals surface area contributed by atoms with Crippen LogP contribution in [0.3, 0.4) is 0 Å². The van der Waals surface area contributed by atoms with E-state index in [-0.39, 0.29) is 24.5 Å². The van der Waals surface area contributed by atoms with Crippen LogP contribution in [-0.4, -0.2) is 35.7 Å². The zero-order valence-corrected chi connectivity index (χ0v) is 10.4. The molecular weight excluding hydrogens is 222 g/mol.